The number of carbonyl (C=O) groups is 3. The van der Waals surface area contributed by atoms with Crippen LogP contribution in [-0.4, -0.2) is 62.9 Å². The molecule has 6 aliphatic rings. The predicted octanol–water partition coefficient (Wildman–Crippen LogP) is 7.21. The summed E-state index contributed by atoms with van der Waals surface area (Å²) in [6, 6.07) is 0.560. The Morgan fingerprint density at radius 1 is 1.11 bits per heavy atom. The molecule has 0 radical (unpaired) electrons. The minimum atomic E-state index is -5.35. The SMILES string of the molecule is [C-]#[N+]C(C#N)C1C2CC3C(C)(C)OC(C/C=C(/C)C(=O)OC)(C2=O)C32Oc3c(CC=C(C)C)c4c(c(OP(=O)(O)O)c3C(=O)C12)C=CC(C)(CCC=C(C)C)O4. The van der Waals surface area contributed by atoms with Crippen LogP contribution >= 0.6 is 7.82 Å². The van der Waals surface area contributed by atoms with E-state index >= 15 is 9.59 Å². The lowest BCUT2D eigenvalue weighted by molar-refractivity contribution is -0.211. The van der Waals surface area contributed by atoms with Crippen LogP contribution < -0.4 is 14.0 Å². The Morgan fingerprint density at radius 3 is 2.38 bits per heavy atom. The van der Waals surface area contributed by atoms with Gasteiger partial charge in [-0.05, 0) is 93.2 Å². The highest BCUT2D eigenvalue weighted by Gasteiger charge is 2.86. The number of phosphoric acid groups is 1. The number of methoxy groups -OCH3 is 1. The summed E-state index contributed by atoms with van der Waals surface area (Å²) in [4.78, 5) is 67.6. The van der Waals surface area contributed by atoms with Crippen molar-refractivity contribution in [2.24, 2.45) is 23.7 Å². The first-order chi connectivity index (χ1) is 26.1. The van der Waals surface area contributed by atoms with Crippen molar-refractivity contribution in [1.82, 2.24) is 0 Å². The maximum Gasteiger partial charge on any atom is 0.524 e. The van der Waals surface area contributed by atoms with Gasteiger partial charge in [-0.2, -0.15) is 5.26 Å². The number of nitriles is 1. The Hall–Kier alpha value is -4.52. The molecule has 13 nitrogen and oxygen atoms in total. The molecular weight excluding hydrogens is 739 g/mol. The van der Waals surface area contributed by atoms with Gasteiger partial charge in [-0.3, -0.25) is 24.2 Å². The smallest absolute Gasteiger partial charge is 0.482 e. The van der Waals surface area contributed by atoms with E-state index in [2.05, 4.69) is 10.9 Å². The van der Waals surface area contributed by atoms with E-state index < -0.39 is 83.2 Å². The topological polar surface area (TPSA) is 183 Å². The highest BCUT2D eigenvalue weighted by Crippen LogP contribution is 2.72. The zero-order valence-corrected chi connectivity index (χ0v) is 34.1. The van der Waals surface area contributed by atoms with Crippen molar-refractivity contribution in [2.75, 3.05) is 7.11 Å². The normalized spacial score (nSPS) is 31.0. The molecule has 7 rings (SSSR count). The zero-order valence-electron chi connectivity index (χ0n) is 33.2. The number of nitrogens with zero attached hydrogens (tertiary/aromatic N) is 2. The van der Waals surface area contributed by atoms with Gasteiger partial charge >= 0.3 is 19.8 Å². The molecular formula is C42H49N2O11P. The number of Topliss-reactive ketones (excluding diaryl/α,β-unsaturated/α-hetero) is 2. The molecule has 3 aliphatic heterocycles. The molecule has 3 aliphatic carbocycles. The van der Waals surface area contributed by atoms with Crippen molar-refractivity contribution in [1.29, 1.82) is 5.26 Å². The van der Waals surface area contributed by atoms with Crippen LogP contribution in [0.15, 0.2) is 41.0 Å². The van der Waals surface area contributed by atoms with Crippen LogP contribution in [0.3, 0.4) is 0 Å². The second kappa shape index (κ2) is 14.1. The first kappa shape index (κ1) is 41.1. The van der Waals surface area contributed by atoms with Crippen LogP contribution in [-0.2, 0) is 30.0 Å². The Kier molecular flexibility index (Phi) is 10.4. The average molecular weight is 789 g/mol. The summed E-state index contributed by atoms with van der Waals surface area (Å²) in [7, 11) is -4.12. The Balaban J connectivity index is 1.72. The third kappa shape index (κ3) is 6.34. The molecule has 1 spiro atoms. The van der Waals surface area contributed by atoms with Crippen LogP contribution in [0.25, 0.3) is 10.9 Å². The fraction of sp³-hybridized carbons (Fsp3) is 0.548. The van der Waals surface area contributed by atoms with Gasteiger partial charge in [0.15, 0.2) is 34.6 Å². The van der Waals surface area contributed by atoms with E-state index in [0.717, 1.165) is 11.1 Å². The van der Waals surface area contributed by atoms with Crippen LogP contribution in [0.1, 0.15) is 103 Å². The number of hydrogen-bond donors (Lipinski definition) is 2. The molecule has 3 heterocycles. The third-order valence-electron chi connectivity index (χ3n) is 12.1. The number of benzene rings is 1. The highest BCUT2D eigenvalue weighted by atomic mass is 31.2. The number of rotatable bonds is 11. The summed E-state index contributed by atoms with van der Waals surface area (Å²) in [6.07, 6.45) is 10.2. The molecule has 56 heavy (non-hydrogen) atoms. The van der Waals surface area contributed by atoms with Gasteiger partial charge in [0.05, 0.1) is 30.1 Å². The number of fused-ring (bicyclic) bond motifs is 2. The Morgan fingerprint density at radius 2 is 1.79 bits per heavy atom. The number of ketones is 2. The van der Waals surface area contributed by atoms with Crippen molar-refractivity contribution in [3.63, 3.8) is 0 Å². The summed E-state index contributed by atoms with van der Waals surface area (Å²) >= 11 is 0. The second-order valence-electron chi connectivity index (χ2n) is 16.8. The lowest BCUT2D eigenvalue weighted by Gasteiger charge is -2.62. The highest BCUT2D eigenvalue weighted by molar-refractivity contribution is 7.46. The summed E-state index contributed by atoms with van der Waals surface area (Å²) < 4.78 is 44.1. The van der Waals surface area contributed by atoms with Crippen molar-refractivity contribution in [2.45, 2.75) is 116 Å². The molecule has 8 atom stereocenters. The molecule has 4 bridgehead atoms. The maximum absolute atomic E-state index is 15.7. The van der Waals surface area contributed by atoms with Gasteiger partial charge in [-0.1, -0.05) is 29.4 Å². The molecule has 14 heteroatoms. The van der Waals surface area contributed by atoms with Gasteiger partial charge in [0.25, 0.3) is 0 Å². The van der Waals surface area contributed by atoms with Gasteiger partial charge in [-0.25, -0.2) is 15.9 Å². The molecule has 1 aromatic carbocycles. The van der Waals surface area contributed by atoms with Crippen molar-refractivity contribution < 1.29 is 52.2 Å². The van der Waals surface area contributed by atoms with Gasteiger partial charge in [-0.15, -0.1) is 0 Å². The molecule has 298 valence electrons. The summed E-state index contributed by atoms with van der Waals surface area (Å²) in [5.74, 6) is -6.31. The summed E-state index contributed by atoms with van der Waals surface area (Å²) in [6.45, 7) is 22.8. The van der Waals surface area contributed by atoms with E-state index in [1.54, 1.807) is 26.0 Å². The molecule has 0 aromatic heterocycles. The average Bonchev–Trinajstić information content (AvgIpc) is 3.25. The number of allylic oxidation sites excluding steroid dienone is 4. The van der Waals surface area contributed by atoms with E-state index in [-0.39, 0.29) is 47.5 Å². The Bertz CT molecular complexity index is 2140. The number of phosphoric ester groups is 1. The van der Waals surface area contributed by atoms with E-state index in [4.69, 9.17) is 30.0 Å². The third-order valence-corrected chi connectivity index (χ3v) is 12.6. The quantitative estimate of drug-likeness (QED) is 0.0757. The van der Waals surface area contributed by atoms with Gasteiger partial charge in [0.1, 0.15) is 22.7 Å². The summed E-state index contributed by atoms with van der Waals surface area (Å²) in [5.41, 5.74) is -3.24. The van der Waals surface area contributed by atoms with E-state index in [0.29, 0.717) is 18.4 Å². The van der Waals surface area contributed by atoms with Gasteiger partial charge in [0.2, 0.25) is 0 Å². The largest absolute Gasteiger partial charge is 0.524 e. The van der Waals surface area contributed by atoms with E-state index in [1.165, 1.54) is 20.1 Å². The number of hydrogen-bond acceptors (Lipinski definition) is 10. The van der Waals surface area contributed by atoms with Gasteiger partial charge < -0.3 is 23.5 Å². The molecule has 0 amide bonds. The molecule has 1 aromatic rings. The molecule has 8 unspecified atom stereocenters. The maximum atomic E-state index is 15.7. The van der Waals surface area contributed by atoms with Crippen LogP contribution in [0, 0.1) is 41.6 Å². The second-order valence-corrected chi connectivity index (χ2v) is 17.9. The van der Waals surface area contributed by atoms with Gasteiger partial charge in [0, 0.05) is 29.4 Å². The van der Waals surface area contributed by atoms with Crippen molar-refractivity contribution in [3.05, 3.63) is 69.1 Å². The molecule has 3 saturated carbocycles. The van der Waals surface area contributed by atoms with Crippen molar-refractivity contribution in [3.8, 4) is 23.3 Å². The number of esters is 1. The van der Waals surface area contributed by atoms with Crippen molar-refractivity contribution >= 4 is 31.4 Å². The number of carbonyl (C=O) groups excluding carboxylic acids is 3. The van der Waals surface area contributed by atoms with E-state index in [9.17, 15) is 24.4 Å². The fourth-order valence-corrected chi connectivity index (χ4v) is 10.2. The lowest BCUT2D eigenvalue weighted by atomic mass is 9.42. The van der Waals surface area contributed by atoms with Crippen LogP contribution in [0.2, 0.25) is 0 Å². The minimum Gasteiger partial charge on any atom is -0.482 e. The monoisotopic (exact) mass is 788 g/mol. The standard InChI is InChI=1S/C42H49N2O11P/c1-22(2)12-11-17-40(8)18-16-26-34(52-40)25(14-13-23(3)4)35-31(36(26)54-56(48,49)50)33(45)32-30(28(21-43)44-9)27-20-29-39(6,7)55-41(37(27)46,42(29,32)53-35)19-15-24(5)38(47)51-10/h12-13,15-16,18,27-30,32H,11,14,17,19-20H2,1-8,10H3,(H2,48,49,50)/b24-15-. The molecule has 2 N–H and O–H groups in total. The van der Waals surface area contributed by atoms with E-state index in [1.807, 2.05) is 46.8 Å². The lowest BCUT2D eigenvalue weighted by Crippen LogP contribution is -2.79. The Labute approximate surface area is 327 Å². The minimum absolute atomic E-state index is 0.0829. The molecule has 1 saturated heterocycles. The molecule has 4 fully saturated rings. The first-order valence-corrected chi connectivity index (χ1v) is 20.3. The fourth-order valence-electron chi connectivity index (χ4n) is 9.81. The van der Waals surface area contributed by atoms with Crippen LogP contribution in [0.5, 0.6) is 17.2 Å². The van der Waals surface area contributed by atoms with Crippen LogP contribution in [0.4, 0.5) is 0 Å². The number of ether oxygens (including phenoxy) is 4. The first-order valence-electron chi connectivity index (χ1n) is 18.7. The predicted molar refractivity (Wildman–Crippen MR) is 205 cm³/mol. The zero-order chi connectivity index (χ0) is 41.3. The summed E-state index contributed by atoms with van der Waals surface area (Å²) in [5, 5.41) is 10.3.